The van der Waals surface area contributed by atoms with E-state index < -0.39 is 45.2 Å². The Morgan fingerprint density at radius 1 is 0.783 bits per heavy atom. The highest BCUT2D eigenvalue weighted by atomic mass is 19.4. The number of nitro benzene ring substituents is 1. The zero-order valence-electron chi connectivity index (χ0n) is 11.1. The molecule has 0 N–H and O–H groups in total. The third kappa shape index (κ3) is 3.43. The number of nitro groups is 1. The van der Waals surface area contributed by atoms with Crippen LogP contribution in [-0.4, -0.2) is 4.92 Å². The van der Waals surface area contributed by atoms with Gasteiger partial charge in [-0.3, -0.25) is 10.1 Å². The van der Waals surface area contributed by atoms with E-state index in [1.54, 1.807) is 0 Å². The Balaban J connectivity index is 2.81. The standard InChI is InChI=1S/C14H7F6NO2/c15-13(16,17)11-4-2-1-3-9(11)10-7-8(21(22)23)5-6-12(10)14(18,19)20/h1-7H. The van der Waals surface area contributed by atoms with Crippen molar-refractivity contribution in [3.8, 4) is 11.1 Å². The van der Waals surface area contributed by atoms with Crippen molar-refractivity contribution < 1.29 is 31.3 Å². The molecule has 0 saturated heterocycles. The lowest BCUT2D eigenvalue weighted by molar-refractivity contribution is -0.384. The van der Waals surface area contributed by atoms with Crippen LogP contribution in [0.3, 0.4) is 0 Å². The van der Waals surface area contributed by atoms with Crippen molar-refractivity contribution in [3.63, 3.8) is 0 Å². The number of hydrogen-bond acceptors (Lipinski definition) is 2. The highest BCUT2D eigenvalue weighted by Gasteiger charge is 2.38. The van der Waals surface area contributed by atoms with Crippen LogP contribution in [0.25, 0.3) is 11.1 Å². The molecule has 122 valence electrons. The lowest BCUT2D eigenvalue weighted by Gasteiger charge is -2.17. The minimum absolute atomic E-state index is 0.403. The summed E-state index contributed by atoms with van der Waals surface area (Å²) in [5.74, 6) is 0. The van der Waals surface area contributed by atoms with Crippen molar-refractivity contribution in [2.24, 2.45) is 0 Å². The molecule has 0 aliphatic heterocycles. The second kappa shape index (κ2) is 5.56. The van der Waals surface area contributed by atoms with Crippen LogP contribution in [0.2, 0.25) is 0 Å². The molecule has 0 heterocycles. The Hall–Kier alpha value is -2.58. The van der Waals surface area contributed by atoms with Gasteiger partial charge in [0.05, 0.1) is 16.1 Å². The normalized spacial score (nSPS) is 12.3. The number of nitrogens with zero attached hydrogens (tertiary/aromatic N) is 1. The van der Waals surface area contributed by atoms with E-state index in [4.69, 9.17) is 0 Å². The largest absolute Gasteiger partial charge is 0.417 e. The maximum atomic E-state index is 13.0. The number of non-ortho nitro benzene ring substituents is 1. The Labute approximate surface area is 125 Å². The molecule has 3 nitrogen and oxygen atoms in total. The minimum atomic E-state index is -4.96. The van der Waals surface area contributed by atoms with Gasteiger partial charge in [0.2, 0.25) is 0 Å². The number of halogens is 6. The Morgan fingerprint density at radius 2 is 1.30 bits per heavy atom. The van der Waals surface area contributed by atoms with Crippen molar-refractivity contribution in [2.75, 3.05) is 0 Å². The molecule has 0 aliphatic rings. The first-order valence-electron chi connectivity index (χ1n) is 6.04. The fourth-order valence-corrected chi connectivity index (χ4v) is 2.08. The maximum absolute atomic E-state index is 13.0. The molecule has 0 amide bonds. The van der Waals surface area contributed by atoms with Gasteiger partial charge in [-0.15, -0.1) is 0 Å². The molecule has 0 spiro atoms. The zero-order valence-corrected chi connectivity index (χ0v) is 11.1. The average Bonchev–Trinajstić information content (AvgIpc) is 2.44. The lowest BCUT2D eigenvalue weighted by atomic mass is 9.94. The van der Waals surface area contributed by atoms with Crippen LogP contribution in [0, 0.1) is 10.1 Å². The van der Waals surface area contributed by atoms with Crippen LogP contribution in [0.15, 0.2) is 42.5 Å². The summed E-state index contributed by atoms with van der Waals surface area (Å²) in [4.78, 5) is 9.76. The van der Waals surface area contributed by atoms with Gasteiger partial charge in [-0.05, 0) is 17.7 Å². The third-order valence-electron chi connectivity index (χ3n) is 3.04. The van der Waals surface area contributed by atoms with Gasteiger partial charge in [0, 0.05) is 17.7 Å². The highest BCUT2D eigenvalue weighted by Crippen LogP contribution is 2.43. The van der Waals surface area contributed by atoms with E-state index in [1.165, 1.54) is 0 Å². The smallest absolute Gasteiger partial charge is 0.258 e. The van der Waals surface area contributed by atoms with Crippen molar-refractivity contribution in [3.05, 3.63) is 63.7 Å². The molecule has 0 fully saturated rings. The molecule has 2 rings (SSSR count). The summed E-state index contributed by atoms with van der Waals surface area (Å²) in [6.07, 6.45) is -9.85. The number of alkyl halides is 6. The average molecular weight is 335 g/mol. The Morgan fingerprint density at radius 3 is 1.83 bits per heavy atom. The summed E-state index contributed by atoms with van der Waals surface area (Å²) < 4.78 is 78.2. The number of hydrogen-bond donors (Lipinski definition) is 0. The maximum Gasteiger partial charge on any atom is 0.417 e. The first-order chi connectivity index (χ1) is 10.5. The van der Waals surface area contributed by atoms with E-state index in [2.05, 4.69) is 0 Å². The molecule has 2 aromatic rings. The van der Waals surface area contributed by atoms with Crippen LogP contribution in [0.4, 0.5) is 32.0 Å². The summed E-state index contributed by atoms with van der Waals surface area (Å²) in [7, 11) is 0. The molecule has 0 radical (unpaired) electrons. The SMILES string of the molecule is O=[N+]([O-])c1ccc(C(F)(F)F)c(-c2ccccc2C(F)(F)F)c1. The molecular formula is C14H7F6NO2. The van der Waals surface area contributed by atoms with Gasteiger partial charge in [0.15, 0.2) is 0 Å². The van der Waals surface area contributed by atoms with E-state index in [-0.39, 0.29) is 0 Å². The topological polar surface area (TPSA) is 43.1 Å². The van der Waals surface area contributed by atoms with Gasteiger partial charge in [0.1, 0.15) is 0 Å². The zero-order chi connectivity index (χ0) is 17.4. The van der Waals surface area contributed by atoms with E-state index in [0.717, 1.165) is 18.2 Å². The molecule has 2 aromatic carbocycles. The molecule has 0 saturated carbocycles. The third-order valence-corrected chi connectivity index (χ3v) is 3.04. The lowest BCUT2D eigenvalue weighted by Crippen LogP contribution is -2.11. The predicted molar refractivity (Wildman–Crippen MR) is 68.5 cm³/mol. The van der Waals surface area contributed by atoms with Gasteiger partial charge in [0.25, 0.3) is 5.69 Å². The first-order valence-corrected chi connectivity index (χ1v) is 6.04. The van der Waals surface area contributed by atoms with Crippen molar-refractivity contribution in [2.45, 2.75) is 12.4 Å². The van der Waals surface area contributed by atoms with Crippen molar-refractivity contribution >= 4 is 5.69 Å². The molecular weight excluding hydrogens is 328 g/mol. The molecule has 0 aromatic heterocycles. The second-order valence-electron chi connectivity index (χ2n) is 4.53. The van der Waals surface area contributed by atoms with Gasteiger partial charge in [-0.2, -0.15) is 26.3 Å². The van der Waals surface area contributed by atoms with Crippen LogP contribution in [-0.2, 0) is 12.4 Å². The molecule has 23 heavy (non-hydrogen) atoms. The molecule has 0 unspecified atom stereocenters. The Kier molecular flexibility index (Phi) is 4.06. The van der Waals surface area contributed by atoms with E-state index in [1.807, 2.05) is 0 Å². The van der Waals surface area contributed by atoms with Gasteiger partial charge in [-0.25, -0.2) is 0 Å². The van der Waals surface area contributed by atoms with Crippen LogP contribution in [0.5, 0.6) is 0 Å². The number of benzene rings is 2. The van der Waals surface area contributed by atoms with E-state index in [0.29, 0.717) is 24.3 Å². The monoisotopic (exact) mass is 335 g/mol. The number of rotatable bonds is 2. The minimum Gasteiger partial charge on any atom is -0.258 e. The van der Waals surface area contributed by atoms with Gasteiger partial charge >= 0.3 is 12.4 Å². The van der Waals surface area contributed by atoms with E-state index in [9.17, 15) is 36.5 Å². The Bertz CT molecular complexity index is 752. The fourth-order valence-electron chi connectivity index (χ4n) is 2.08. The van der Waals surface area contributed by atoms with Gasteiger partial charge in [-0.1, -0.05) is 18.2 Å². The van der Waals surface area contributed by atoms with E-state index >= 15 is 0 Å². The molecule has 9 heteroatoms. The summed E-state index contributed by atoms with van der Waals surface area (Å²) >= 11 is 0. The van der Waals surface area contributed by atoms with Gasteiger partial charge < -0.3 is 0 Å². The summed E-state index contributed by atoms with van der Waals surface area (Å²) in [6.45, 7) is 0. The quantitative estimate of drug-likeness (QED) is 0.425. The van der Waals surface area contributed by atoms with Crippen molar-refractivity contribution in [1.82, 2.24) is 0 Å². The molecule has 0 bridgehead atoms. The summed E-state index contributed by atoms with van der Waals surface area (Å²) in [6, 6.07) is 5.11. The molecule has 0 aliphatic carbocycles. The fraction of sp³-hybridized carbons (Fsp3) is 0.143. The van der Waals surface area contributed by atoms with Crippen LogP contribution >= 0.6 is 0 Å². The van der Waals surface area contributed by atoms with Crippen LogP contribution in [0.1, 0.15) is 11.1 Å². The van der Waals surface area contributed by atoms with Crippen LogP contribution < -0.4 is 0 Å². The first kappa shape index (κ1) is 16.8. The highest BCUT2D eigenvalue weighted by molar-refractivity contribution is 5.74. The molecule has 0 atom stereocenters. The second-order valence-corrected chi connectivity index (χ2v) is 4.53. The summed E-state index contributed by atoms with van der Waals surface area (Å²) in [5.41, 5.74) is -5.06. The summed E-state index contributed by atoms with van der Waals surface area (Å²) in [5, 5.41) is 10.7. The predicted octanol–water partition coefficient (Wildman–Crippen LogP) is 5.30. The van der Waals surface area contributed by atoms with Crippen molar-refractivity contribution in [1.29, 1.82) is 0 Å².